The van der Waals surface area contributed by atoms with Crippen molar-refractivity contribution >= 4 is 10.8 Å². The number of ether oxygens (including phenoxy) is 1. The average molecular weight is 202 g/mol. The molecule has 0 radical (unpaired) electrons. The Balaban J connectivity index is 2.05. The molecule has 13 heavy (non-hydrogen) atoms. The van der Waals surface area contributed by atoms with Gasteiger partial charge in [-0.2, -0.15) is 0 Å². The Morgan fingerprint density at radius 2 is 2.15 bits per heavy atom. The lowest BCUT2D eigenvalue weighted by Crippen LogP contribution is -2.19. The van der Waals surface area contributed by atoms with Crippen molar-refractivity contribution in [3.63, 3.8) is 0 Å². The highest BCUT2D eigenvalue weighted by Gasteiger charge is 2.17. The van der Waals surface area contributed by atoms with Crippen molar-refractivity contribution in [2.45, 2.75) is 26.2 Å². The van der Waals surface area contributed by atoms with Gasteiger partial charge in [0, 0.05) is 22.3 Å². The fourth-order valence-electron chi connectivity index (χ4n) is 1.53. The van der Waals surface area contributed by atoms with Crippen molar-refractivity contribution in [2.75, 3.05) is 18.1 Å². The Hall–Kier alpha value is -0.310. The van der Waals surface area contributed by atoms with Gasteiger partial charge in [0.05, 0.1) is 12.9 Å². The summed E-state index contributed by atoms with van der Waals surface area (Å²) in [5.74, 6) is 2.53. The summed E-state index contributed by atoms with van der Waals surface area (Å²) in [5.41, 5.74) is 0. The fourth-order valence-corrected chi connectivity index (χ4v) is 2.93. The molecule has 1 aliphatic rings. The van der Waals surface area contributed by atoms with Crippen LogP contribution in [0.1, 0.15) is 26.2 Å². The second-order valence-electron chi connectivity index (χ2n) is 3.42. The smallest absolute Gasteiger partial charge is 0.0875 e. The summed E-state index contributed by atoms with van der Waals surface area (Å²) in [6.07, 6.45) is 6.98. The van der Waals surface area contributed by atoms with Crippen LogP contribution in [0.25, 0.3) is 0 Å². The first-order chi connectivity index (χ1) is 6.33. The summed E-state index contributed by atoms with van der Waals surface area (Å²) in [6.45, 7) is 2.76. The third kappa shape index (κ3) is 4.46. The number of allylic oxidation sites excluding steroid dienone is 1. The van der Waals surface area contributed by atoms with Crippen molar-refractivity contribution in [3.8, 4) is 0 Å². The van der Waals surface area contributed by atoms with Gasteiger partial charge >= 0.3 is 0 Å². The zero-order valence-electron chi connectivity index (χ0n) is 8.20. The van der Waals surface area contributed by atoms with Crippen LogP contribution < -0.4 is 0 Å². The second-order valence-corrected chi connectivity index (χ2v) is 5.12. The molecule has 0 spiro atoms. The predicted octanol–water partition coefficient (Wildman–Crippen LogP) is 2.09. The molecule has 0 saturated carbocycles. The molecule has 0 bridgehead atoms. The van der Waals surface area contributed by atoms with Gasteiger partial charge in [0.1, 0.15) is 0 Å². The molecule has 1 heterocycles. The van der Waals surface area contributed by atoms with Gasteiger partial charge in [-0.15, -0.1) is 0 Å². The van der Waals surface area contributed by atoms with E-state index in [1.807, 2.05) is 13.0 Å². The largest absolute Gasteiger partial charge is 0.502 e. The average Bonchev–Trinajstić information content (AvgIpc) is 2.15. The first-order valence-electron chi connectivity index (χ1n) is 4.90. The molecular weight excluding hydrogens is 184 g/mol. The quantitative estimate of drug-likeness (QED) is 0.515. The normalized spacial score (nSPS) is 29.3. The highest BCUT2D eigenvalue weighted by molar-refractivity contribution is 7.85. The Labute approximate surface area is 82.8 Å². The summed E-state index contributed by atoms with van der Waals surface area (Å²) in [5, 5.41) is 0. The van der Waals surface area contributed by atoms with Crippen molar-refractivity contribution in [2.24, 2.45) is 5.92 Å². The minimum Gasteiger partial charge on any atom is -0.502 e. The van der Waals surface area contributed by atoms with E-state index in [1.165, 1.54) is 0 Å². The summed E-state index contributed by atoms with van der Waals surface area (Å²) >= 11 is 0. The molecule has 0 unspecified atom stereocenters. The van der Waals surface area contributed by atoms with Gasteiger partial charge in [-0.3, -0.25) is 4.21 Å². The molecule has 0 aromatic heterocycles. The van der Waals surface area contributed by atoms with E-state index in [-0.39, 0.29) is 0 Å². The molecular formula is C10H18O2S. The van der Waals surface area contributed by atoms with Gasteiger partial charge in [-0.05, 0) is 32.1 Å². The Bertz CT molecular complexity index is 179. The van der Waals surface area contributed by atoms with Crippen LogP contribution in [0.2, 0.25) is 0 Å². The lowest BCUT2D eigenvalue weighted by atomic mass is 10.00. The summed E-state index contributed by atoms with van der Waals surface area (Å²) < 4.78 is 16.3. The summed E-state index contributed by atoms with van der Waals surface area (Å²) in [6, 6.07) is 0. The predicted molar refractivity (Wildman–Crippen MR) is 56.0 cm³/mol. The van der Waals surface area contributed by atoms with Gasteiger partial charge in [-0.1, -0.05) is 6.08 Å². The molecule has 1 saturated heterocycles. The van der Waals surface area contributed by atoms with Crippen molar-refractivity contribution in [3.05, 3.63) is 12.3 Å². The van der Waals surface area contributed by atoms with Crippen LogP contribution in [0.5, 0.6) is 0 Å². The lowest BCUT2D eigenvalue weighted by molar-refractivity contribution is 0.217. The highest BCUT2D eigenvalue weighted by atomic mass is 32.2. The van der Waals surface area contributed by atoms with Crippen molar-refractivity contribution in [1.82, 2.24) is 0 Å². The van der Waals surface area contributed by atoms with E-state index < -0.39 is 10.8 Å². The van der Waals surface area contributed by atoms with E-state index in [1.54, 1.807) is 6.26 Å². The van der Waals surface area contributed by atoms with E-state index in [0.29, 0.717) is 0 Å². The Kier molecular flexibility index (Phi) is 5.13. The van der Waals surface area contributed by atoms with Crippen LogP contribution in [0.4, 0.5) is 0 Å². The molecule has 2 nitrogen and oxygen atoms in total. The number of hydrogen-bond acceptors (Lipinski definition) is 2. The molecule has 0 amide bonds. The molecule has 76 valence electrons. The van der Waals surface area contributed by atoms with E-state index >= 15 is 0 Å². The minimum atomic E-state index is -0.525. The van der Waals surface area contributed by atoms with Crippen LogP contribution >= 0.6 is 0 Å². The van der Waals surface area contributed by atoms with Crippen LogP contribution in [-0.4, -0.2) is 22.3 Å². The first-order valence-corrected chi connectivity index (χ1v) is 6.39. The van der Waals surface area contributed by atoms with E-state index in [4.69, 9.17) is 4.74 Å². The molecule has 1 fully saturated rings. The van der Waals surface area contributed by atoms with E-state index in [0.717, 1.165) is 43.3 Å². The Morgan fingerprint density at radius 3 is 2.77 bits per heavy atom. The third-order valence-corrected chi connectivity index (χ3v) is 3.77. The van der Waals surface area contributed by atoms with E-state index in [9.17, 15) is 4.21 Å². The molecule has 0 aromatic rings. The standard InChI is InChI=1S/C10H18O2S/c1-2-6-12-7-3-10-4-8-13(11)9-5-10/h2,6,10H,3-5,7-9H2,1H3/b6-2+. The summed E-state index contributed by atoms with van der Waals surface area (Å²) in [7, 11) is -0.525. The van der Waals surface area contributed by atoms with Crippen LogP contribution in [0, 0.1) is 5.92 Å². The monoisotopic (exact) mass is 202 g/mol. The Morgan fingerprint density at radius 1 is 1.46 bits per heavy atom. The minimum absolute atomic E-state index is 0.525. The number of rotatable bonds is 4. The van der Waals surface area contributed by atoms with Gasteiger partial charge in [-0.25, -0.2) is 0 Å². The molecule has 0 aliphatic carbocycles. The zero-order valence-corrected chi connectivity index (χ0v) is 9.02. The van der Waals surface area contributed by atoms with Gasteiger partial charge in [0.25, 0.3) is 0 Å². The van der Waals surface area contributed by atoms with Gasteiger partial charge in [0.15, 0.2) is 0 Å². The molecule has 1 rings (SSSR count). The molecule has 0 aromatic carbocycles. The van der Waals surface area contributed by atoms with Gasteiger partial charge in [0.2, 0.25) is 0 Å². The molecule has 0 N–H and O–H groups in total. The van der Waals surface area contributed by atoms with Crippen LogP contribution in [0.15, 0.2) is 12.3 Å². The maximum atomic E-state index is 11.1. The number of hydrogen-bond donors (Lipinski definition) is 0. The van der Waals surface area contributed by atoms with Crippen molar-refractivity contribution < 1.29 is 8.95 Å². The van der Waals surface area contributed by atoms with E-state index in [2.05, 4.69) is 0 Å². The topological polar surface area (TPSA) is 26.3 Å². The maximum Gasteiger partial charge on any atom is 0.0875 e. The zero-order chi connectivity index (χ0) is 9.52. The lowest BCUT2D eigenvalue weighted by Gasteiger charge is -2.20. The van der Waals surface area contributed by atoms with Crippen LogP contribution in [0.3, 0.4) is 0 Å². The fraction of sp³-hybridized carbons (Fsp3) is 0.800. The highest BCUT2D eigenvalue weighted by Crippen LogP contribution is 2.19. The van der Waals surface area contributed by atoms with Crippen LogP contribution in [-0.2, 0) is 15.5 Å². The molecule has 0 atom stereocenters. The van der Waals surface area contributed by atoms with Crippen molar-refractivity contribution in [1.29, 1.82) is 0 Å². The van der Waals surface area contributed by atoms with Gasteiger partial charge < -0.3 is 4.74 Å². The molecule has 3 heteroatoms. The second kappa shape index (κ2) is 6.19. The third-order valence-electron chi connectivity index (χ3n) is 2.38. The maximum absolute atomic E-state index is 11.1. The SMILES string of the molecule is C/C=C/OCCC1CCS(=O)CC1. The summed E-state index contributed by atoms with van der Waals surface area (Å²) in [4.78, 5) is 0. The first kappa shape index (κ1) is 10.8. The molecule has 1 aliphatic heterocycles.